The number of fused-ring (bicyclic) bond motifs is 1. The summed E-state index contributed by atoms with van der Waals surface area (Å²) in [5, 5.41) is 2.62. The first-order valence-corrected chi connectivity index (χ1v) is 36.5. The second kappa shape index (κ2) is 38.7. The Balaban J connectivity index is 0.000000132. The quantitative estimate of drug-likeness (QED) is 0.142. The highest BCUT2D eigenvalue weighted by Gasteiger charge is 2.12. The molecule has 0 radical (unpaired) electrons. The fourth-order valence-electron chi connectivity index (χ4n) is 12.4. The van der Waals surface area contributed by atoms with Crippen LogP contribution < -0.4 is 0 Å². The van der Waals surface area contributed by atoms with Crippen LogP contribution in [0.15, 0.2) is 413 Å². The minimum atomic E-state index is 0.285. The number of benzene rings is 16. The van der Waals surface area contributed by atoms with Crippen LogP contribution in [0.5, 0.6) is 0 Å². The van der Waals surface area contributed by atoms with Crippen LogP contribution in [0.2, 0.25) is 0 Å². The van der Waals surface area contributed by atoms with Crippen molar-refractivity contribution in [1.82, 2.24) is 0 Å². The summed E-state index contributed by atoms with van der Waals surface area (Å²) in [6.45, 7) is 21.6. The standard InChI is InChI=1S/2C19H16.C17H14.3C13H12.C11H16/c1-15-12-18(16-8-4-2-5-9-16)14-19(13-15)17-10-6-3-7-11-17;1-15-12-13-18(16-8-4-2-5-9-16)14-19(15)17-10-6-3-7-11-17;1-13-6-4-9-15(12-13)17-11-5-8-14-7-2-3-10-16(14)17;1-11-7-5-6-10-13(11)12-8-3-2-4-9-12;1-11-6-5-9-13(10-11)12-7-3-2-4-8-12;1-11-7-9-13(10-8-11)12-5-3-2-4-6-12;1-9-5-7-10(8-6-9)11(2,3)4/h2*2-14H,1H3;2-12H,1H3;3*2-10H,1H3;5-8H,1-4H3. The highest BCUT2D eigenvalue weighted by molar-refractivity contribution is 5.96. The minimum absolute atomic E-state index is 0.285. The molecule has 0 saturated heterocycles. The van der Waals surface area contributed by atoms with Crippen LogP contribution in [0, 0.1) is 48.5 Å². The normalized spacial score (nSPS) is 10.4. The van der Waals surface area contributed by atoms with Crippen LogP contribution in [0.25, 0.3) is 99.8 Å². The molecule has 16 aromatic carbocycles. The van der Waals surface area contributed by atoms with Crippen LogP contribution in [0.1, 0.15) is 65.3 Å². The van der Waals surface area contributed by atoms with Crippen molar-refractivity contribution >= 4 is 10.8 Å². The fraction of sp³-hybridized carbons (Fsp3) is 0.105. The summed E-state index contributed by atoms with van der Waals surface area (Å²) in [5.41, 5.74) is 31.4. The molecule has 105 heavy (non-hydrogen) atoms. The number of rotatable bonds is 8. The Labute approximate surface area is 627 Å². The molecule has 0 aliphatic heterocycles. The van der Waals surface area contributed by atoms with Crippen LogP contribution in [0.4, 0.5) is 0 Å². The van der Waals surface area contributed by atoms with E-state index in [0.717, 1.165) is 0 Å². The third kappa shape index (κ3) is 23.1. The van der Waals surface area contributed by atoms with Crippen LogP contribution >= 0.6 is 0 Å². The topological polar surface area (TPSA) is 0 Å². The molecule has 0 spiro atoms. The smallest absolute Gasteiger partial charge is 0.0105 e. The fourth-order valence-corrected chi connectivity index (χ4v) is 12.4. The van der Waals surface area contributed by atoms with E-state index in [0.29, 0.717) is 0 Å². The lowest BCUT2D eigenvalue weighted by molar-refractivity contribution is 0.590. The number of aryl methyl sites for hydroxylation is 7. The molecule has 0 bridgehead atoms. The lowest BCUT2D eigenvalue weighted by Crippen LogP contribution is -2.10. The molecule has 0 fully saturated rings. The predicted molar refractivity (Wildman–Crippen MR) is 458 cm³/mol. The number of hydrogen-bond donors (Lipinski definition) is 0. The molecule has 518 valence electrons. The molecular formula is C105H98. The van der Waals surface area contributed by atoms with Gasteiger partial charge in [-0.2, -0.15) is 0 Å². The molecular weight excluding hydrogens is 1260 g/mol. The summed E-state index contributed by atoms with van der Waals surface area (Å²) in [6.07, 6.45) is 0. The Bertz CT molecular complexity index is 5150. The third-order valence-corrected chi connectivity index (χ3v) is 18.3. The molecule has 16 rings (SSSR count). The van der Waals surface area contributed by atoms with E-state index in [2.05, 4.69) is 464 Å². The van der Waals surface area contributed by atoms with Crippen molar-refractivity contribution in [3.63, 3.8) is 0 Å². The van der Waals surface area contributed by atoms with Crippen LogP contribution in [-0.2, 0) is 5.41 Å². The Morgan fingerprint density at radius 2 is 0.467 bits per heavy atom. The Kier molecular flexibility index (Phi) is 27.8. The van der Waals surface area contributed by atoms with Crippen molar-refractivity contribution in [2.45, 2.75) is 74.7 Å². The van der Waals surface area contributed by atoms with Gasteiger partial charge in [-0.15, -0.1) is 0 Å². The Morgan fingerprint density at radius 3 is 0.933 bits per heavy atom. The maximum absolute atomic E-state index is 2.28. The zero-order valence-electron chi connectivity index (χ0n) is 62.8. The second-order valence-corrected chi connectivity index (χ2v) is 27.7. The highest BCUT2D eigenvalue weighted by Crippen LogP contribution is 2.33. The summed E-state index contributed by atoms with van der Waals surface area (Å²) in [5.74, 6) is 0. The van der Waals surface area contributed by atoms with Crippen LogP contribution in [0.3, 0.4) is 0 Å². The van der Waals surface area contributed by atoms with E-state index in [1.165, 1.54) is 144 Å². The lowest BCUT2D eigenvalue weighted by atomic mass is 9.87. The van der Waals surface area contributed by atoms with Crippen LogP contribution in [-0.4, -0.2) is 0 Å². The average Bonchev–Trinajstić information content (AvgIpc) is 0.616. The molecule has 16 aromatic rings. The van der Waals surface area contributed by atoms with Gasteiger partial charge in [0.15, 0.2) is 0 Å². The van der Waals surface area contributed by atoms with Gasteiger partial charge in [-0.05, 0) is 188 Å². The van der Waals surface area contributed by atoms with Gasteiger partial charge in [0.25, 0.3) is 0 Å². The second-order valence-electron chi connectivity index (χ2n) is 27.7. The first-order valence-electron chi connectivity index (χ1n) is 36.5. The van der Waals surface area contributed by atoms with Gasteiger partial charge in [-0.3, -0.25) is 0 Å². The van der Waals surface area contributed by atoms with Gasteiger partial charge in [-0.25, -0.2) is 0 Å². The average molecular weight is 1360 g/mol. The molecule has 0 nitrogen and oxygen atoms in total. The van der Waals surface area contributed by atoms with Gasteiger partial charge < -0.3 is 0 Å². The van der Waals surface area contributed by atoms with Crippen molar-refractivity contribution in [2.75, 3.05) is 0 Å². The maximum atomic E-state index is 2.28. The Hall–Kier alpha value is -12.2. The molecule has 0 aliphatic carbocycles. The van der Waals surface area contributed by atoms with Crippen molar-refractivity contribution in [3.05, 3.63) is 457 Å². The van der Waals surface area contributed by atoms with E-state index in [9.17, 15) is 0 Å². The van der Waals surface area contributed by atoms with Gasteiger partial charge in [0, 0.05) is 0 Å². The first kappa shape index (κ1) is 75.4. The van der Waals surface area contributed by atoms with E-state index in [4.69, 9.17) is 0 Å². The van der Waals surface area contributed by atoms with Gasteiger partial charge in [-0.1, -0.05) is 443 Å². The van der Waals surface area contributed by atoms with Crippen molar-refractivity contribution in [2.24, 2.45) is 0 Å². The van der Waals surface area contributed by atoms with Gasteiger partial charge in [0.1, 0.15) is 0 Å². The summed E-state index contributed by atoms with van der Waals surface area (Å²) in [4.78, 5) is 0. The van der Waals surface area contributed by atoms with E-state index < -0.39 is 0 Å². The van der Waals surface area contributed by atoms with Gasteiger partial charge in [0.2, 0.25) is 0 Å². The first-order chi connectivity index (χ1) is 51.1. The van der Waals surface area contributed by atoms with E-state index in [1.807, 2.05) is 18.2 Å². The summed E-state index contributed by atoms with van der Waals surface area (Å²) >= 11 is 0. The molecule has 0 aromatic heterocycles. The monoisotopic (exact) mass is 1360 g/mol. The SMILES string of the molecule is Cc1cc(-c2ccccc2)cc(-c2ccccc2)c1.Cc1ccc(-c2ccccc2)cc1.Cc1ccc(-c2ccccc2)cc1-c1ccccc1.Cc1ccc(C(C)(C)C)cc1.Cc1cccc(-c2cccc3ccccc23)c1.Cc1cccc(-c2ccccc2)c1.Cc1ccccc1-c1ccccc1. The van der Waals surface area contributed by atoms with Crippen molar-refractivity contribution in [3.8, 4) is 89.0 Å². The Morgan fingerprint density at radius 1 is 0.162 bits per heavy atom. The van der Waals surface area contributed by atoms with E-state index in [1.54, 1.807) is 0 Å². The van der Waals surface area contributed by atoms with Gasteiger partial charge >= 0.3 is 0 Å². The zero-order valence-corrected chi connectivity index (χ0v) is 62.8. The summed E-state index contributed by atoms with van der Waals surface area (Å²) in [7, 11) is 0. The summed E-state index contributed by atoms with van der Waals surface area (Å²) in [6, 6.07) is 145. The summed E-state index contributed by atoms with van der Waals surface area (Å²) < 4.78 is 0. The molecule has 0 amide bonds. The third-order valence-electron chi connectivity index (χ3n) is 18.3. The molecule has 0 N–H and O–H groups in total. The van der Waals surface area contributed by atoms with Crippen molar-refractivity contribution in [1.29, 1.82) is 0 Å². The number of hydrogen-bond acceptors (Lipinski definition) is 0. The van der Waals surface area contributed by atoms with Crippen molar-refractivity contribution < 1.29 is 0 Å². The van der Waals surface area contributed by atoms with Gasteiger partial charge in [0.05, 0.1) is 0 Å². The predicted octanol–water partition coefficient (Wildman–Crippen LogP) is 29.8. The molecule has 0 atom stereocenters. The lowest BCUT2D eigenvalue weighted by Gasteiger charge is -2.18. The maximum Gasteiger partial charge on any atom is -0.0105 e. The zero-order chi connectivity index (χ0) is 73.6. The minimum Gasteiger partial charge on any atom is -0.0622 e. The molecule has 0 unspecified atom stereocenters. The highest BCUT2D eigenvalue weighted by atomic mass is 14.2. The molecule has 0 aliphatic rings. The van der Waals surface area contributed by atoms with E-state index >= 15 is 0 Å². The largest absolute Gasteiger partial charge is 0.0622 e. The molecule has 0 heterocycles. The van der Waals surface area contributed by atoms with E-state index in [-0.39, 0.29) is 5.41 Å². The molecule has 0 saturated carbocycles. The molecule has 0 heteroatoms.